The minimum absolute atomic E-state index is 0.119. The van der Waals surface area contributed by atoms with E-state index in [-0.39, 0.29) is 5.78 Å². The van der Waals surface area contributed by atoms with Crippen molar-refractivity contribution in [2.75, 3.05) is 0 Å². The van der Waals surface area contributed by atoms with Crippen molar-refractivity contribution in [2.45, 2.75) is 52.9 Å². The fraction of sp³-hybridized carbons (Fsp3) is 0.381. The van der Waals surface area contributed by atoms with Crippen LogP contribution in [0.1, 0.15) is 61.5 Å². The second-order valence-corrected chi connectivity index (χ2v) is 5.97. The summed E-state index contributed by atoms with van der Waals surface area (Å²) in [5.74, 6) is 0.119. The normalized spacial score (nSPS) is 10.7. The van der Waals surface area contributed by atoms with Crippen LogP contribution in [0.3, 0.4) is 0 Å². The number of unbranched alkanes of at least 4 members (excludes halogenated alkanes) is 1. The fourth-order valence-corrected chi connectivity index (χ4v) is 2.82. The number of hydrogen-bond acceptors (Lipinski definition) is 1. The van der Waals surface area contributed by atoms with Crippen LogP contribution in [0.25, 0.3) is 11.1 Å². The van der Waals surface area contributed by atoms with Gasteiger partial charge in [-0.05, 0) is 48.4 Å². The van der Waals surface area contributed by atoms with Gasteiger partial charge in [0.2, 0.25) is 0 Å². The first kappa shape index (κ1) is 16.5. The van der Waals surface area contributed by atoms with Gasteiger partial charge in [0.25, 0.3) is 0 Å². The zero-order valence-electron chi connectivity index (χ0n) is 14.0. The van der Waals surface area contributed by atoms with Crippen LogP contribution >= 0.6 is 0 Å². The molecule has 0 aliphatic heterocycles. The molecular formula is C21H26O. The highest BCUT2D eigenvalue weighted by Crippen LogP contribution is 2.25. The predicted octanol–water partition coefficient (Wildman–Crippen LogP) is 5.85. The molecule has 1 nitrogen and oxygen atoms in total. The number of rotatable bonds is 7. The van der Waals surface area contributed by atoms with E-state index < -0.39 is 0 Å². The molecule has 2 aromatic carbocycles. The molecule has 1 heteroatoms. The maximum absolute atomic E-state index is 11.4. The second-order valence-electron chi connectivity index (χ2n) is 5.97. The van der Waals surface area contributed by atoms with Crippen LogP contribution in [0.15, 0.2) is 42.5 Å². The van der Waals surface area contributed by atoms with E-state index in [2.05, 4.69) is 32.0 Å². The fourth-order valence-electron chi connectivity index (χ4n) is 2.82. The van der Waals surface area contributed by atoms with Crippen molar-refractivity contribution in [3.8, 4) is 11.1 Å². The first-order chi connectivity index (χ1) is 10.7. The average Bonchev–Trinajstić information content (AvgIpc) is 2.54. The van der Waals surface area contributed by atoms with Gasteiger partial charge in [0, 0.05) is 5.56 Å². The van der Waals surface area contributed by atoms with Gasteiger partial charge in [-0.1, -0.05) is 69.2 Å². The molecule has 0 fully saturated rings. The van der Waals surface area contributed by atoms with Crippen molar-refractivity contribution in [1.82, 2.24) is 0 Å². The van der Waals surface area contributed by atoms with E-state index in [1.54, 1.807) is 6.92 Å². The summed E-state index contributed by atoms with van der Waals surface area (Å²) in [4.78, 5) is 11.4. The molecule has 0 aliphatic rings. The summed E-state index contributed by atoms with van der Waals surface area (Å²) in [6.07, 6.45) is 5.98. The van der Waals surface area contributed by atoms with Gasteiger partial charge in [-0.2, -0.15) is 0 Å². The maximum atomic E-state index is 11.4. The number of hydrogen-bond donors (Lipinski definition) is 0. The number of carbonyl (C=O) groups is 1. The zero-order valence-corrected chi connectivity index (χ0v) is 14.0. The molecule has 116 valence electrons. The van der Waals surface area contributed by atoms with Crippen molar-refractivity contribution >= 4 is 5.78 Å². The molecule has 2 aromatic rings. The smallest absolute Gasteiger partial charge is 0.159 e. The Hall–Kier alpha value is -1.89. The summed E-state index contributed by atoms with van der Waals surface area (Å²) in [6, 6.07) is 14.8. The molecule has 0 aromatic heterocycles. The third kappa shape index (κ3) is 4.07. The quantitative estimate of drug-likeness (QED) is 0.585. The molecular weight excluding hydrogens is 268 g/mol. The van der Waals surface area contributed by atoms with Crippen molar-refractivity contribution in [3.05, 3.63) is 59.2 Å². The Morgan fingerprint density at radius 2 is 1.50 bits per heavy atom. The van der Waals surface area contributed by atoms with Crippen molar-refractivity contribution in [3.63, 3.8) is 0 Å². The molecule has 0 amide bonds. The van der Waals surface area contributed by atoms with E-state index >= 15 is 0 Å². The lowest BCUT2D eigenvalue weighted by Crippen LogP contribution is -1.96. The second kappa shape index (κ2) is 7.93. The first-order valence-corrected chi connectivity index (χ1v) is 8.38. The molecule has 0 spiro atoms. The molecule has 0 radical (unpaired) electrons. The van der Waals surface area contributed by atoms with Gasteiger partial charge >= 0.3 is 0 Å². The molecule has 0 atom stereocenters. The van der Waals surface area contributed by atoms with E-state index in [0.717, 1.165) is 12.0 Å². The Bertz CT molecular complexity index is 623. The van der Waals surface area contributed by atoms with Crippen LogP contribution in [0.2, 0.25) is 0 Å². The summed E-state index contributed by atoms with van der Waals surface area (Å²) in [7, 11) is 0. The van der Waals surface area contributed by atoms with Crippen molar-refractivity contribution in [2.24, 2.45) is 0 Å². The van der Waals surface area contributed by atoms with E-state index in [4.69, 9.17) is 0 Å². The van der Waals surface area contributed by atoms with Crippen LogP contribution in [0.4, 0.5) is 0 Å². The first-order valence-electron chi connectivity index (χ1n) is 8.38. The monoisotopic (exact) mass is 294 g/mol. The predicted molar refractivity (Wildman–Crippen MR) is 94.5 cm³/mol. The van der Waals surface area contributed by atoms with Crippen LogP contribution < -0.4 is 0 Å². The van der Waals surface area contributed by atoms with Crippen LogP contribution in [-0.4, -0.2) is 5.78 Å². The van der Waals surface area contributed by atoms with Gasteiger partial charge < -0.3 is 0 Å². The third-order valence-electron chi connectivity index (χ3n) is 4.15. The van der Waals surface area contributed by atoms with Gasteiger partial charge in [0.15, 0.2) is 5.78 Å². The summed E-state index contributed by atoms with van der Waals surface area (Å²) in [5.41, 5.74) is 6.18. The molecule has 0 saturated carbocycles. The minimum atomic E-state index is 0.119. The van der Waals surface area contributed by atoms with Crippen LogP contribution in [-0.2, 0) is 12.8 Å². The number of ketones is 1. The van der Waals surface area contributed by atoms with Crippen LogP contribution in [0.5, 0.6) is 0 Å². The Balaban J connectivity index is 2.30. The van der Waals surface area contributed by atoms with Gasteiger partial charge in [-0.3, -0.25) is 4.79 Å². The lowest BCUT2D eigenvalue weighted by atomic mass is 9.93. The van der Waals surface area contributed by atoms with Crippen molar-refractivity contribution in [1.29, 1.82) is 0 Å². The van der Waals surface area contributed by atoms with Crippen molar-refractivity contribution < 1.29 is 4.79 Å². The Kier molecular flexibility index (Phi) is 5.94. The molecule has 22 heavy (non-hydrogen) atoms. The molecule has 0 unspecified atom stereocenters. The maximum Gasteiger partial charge on any atom is 0.159 e. The topological polar surface area (TPSA) is 17.1 Å². The molecule has 0 N–H and O–H groups in total. The Morgan fingerprint density at radius 3 is 2.09 bits per heavy atom. The number of aryl methyl sites for hydroxylation is 2. The van der Waals surface area contributed by atoms with Gasteiger partial charge in [-0.25, -0.2) is 0 Å². The standard InChI is InChI=1S/C21H26O/c1-4-6-8-18-13-14-21(15-20(18)7-5-2)19-11-9-17(10-12-19)16(3)22/h9-15H,4-8H2,1-3H3. The van der Waals surface area contributed by atoms with E-state index in [1.165, 1.54) is 47.9 Å². The number of benzene rings is 2. The Labute approximate surface area is 134 Å². The SMILES string of the molecule is CCCCc1ccc(-c2ccc(C(C)=O)cc2)cc1CCC. The van der Waals surface area contributed by atoms with Gasteiger partial charge in [0.1, 0.15) is 0 Å². The van der Waals surface area contributed by atoms with E-state index in [1.807, 2.05) is 24.3 Å². The summed E-state index contributed by atoms with van der Waals surface area (Å²) in [5, 5.41) is 0. The molecule has 2 rings (SSSR count). The summed E-state index contributed by atoms with van der Waals surface area (Å²) < 4.78 is 0. The highest BCUT2D eigenvalue weighted by molar-refractivity contribution is 5.94. The third-order valence-corrected chi connectivity index (χ3v) is 4.15. The molecule has 0 aliphatic carbocycles. The highest BCUT2D eigenvalue weighted by atomic mass is 16.1. The number of Topliss-reactive ketones (excluding diaryl/α,β-unsaturated/α-hetero) is 1. The minimum Gasteiger partial charge on any atom is -0.295 e. The average molecular weight is 294 g/mol. The molecule has 0 saturated heterocycles. The number of carbonyl (C=O) groups excluding carboxylic acids is 1. The van der Waals surface area contributed by atoms with Gasteiger partial charge in [-0.15, -0.1) is 0 Å². The lowest BCUT2D eigenvalue weighted by molar-refractivity contribution is 0.101. The zero-order chi connectivity index (χ0) is 15.9. The highest BCUT2D eigenvalue weighted by Gasteiger charge is 2.06. The summed E-state index contributed by atoms with van der Waals surface area (Å²) >= 11 is 0. The Morgan fingerprint density at radius 1 is 0.818 bits per heavy atom. The van der Waals surface area contributed by atoms with E-state index in [0.29, 0.717) is 0 Å². The molecule has 0 heterocycles. The van der Waals surface area contributed by atoms with E-state index in [9.17, 15) is 4.79 Å². The largest absolute Gasteiger partial charge is 0.295 e. The summed E-state index contributed by atoms with van der Waals surface area (Å²) in [6.45, 7) is 6.08. The lowest BCUT2D eigenvalue weighted by Gasteiger charge is -2.12. The van der Waals surface area contributed by atoms with Gasteiger partial charge in [0.05, 0.1) is 0 Å². The molecule has 0 bridgehead atoms. The van der Waals surface area contributed by atoms with Crippen LogP contribution in [0, 0.1) is 0 Å².